The third-order valence-corrected chi connectivity index (χ3v) is 1.85. The molecule has 0 aliphatic heterocycles. The van der Waals surface area contributed by atoms with Crippen molar-refractivity contribution >= 4 is 0 Å². The Morgan fingerprint density at radius 1 is 1.00 bits per heavy atom. The number of rotatable bonds is 0. The lowest BCUT2D eigenvalue weighted by Crippen LogP contribution is -2.01. The van der Waals surface area contributed by atoms with Crippen molar-refractivity contribution in [3.05, 3.63) is 12.2 Å². The van der Waals surface area contributed by atoms with Crippen LogP contribution < -0.4 is 0 Å². The van der Waals surface area contributed by atoms with Gasteiger partial charge in [-0.15, -0.1) is 0 Å². The highest BCUT2D eigenvalue weighted by atomic mass is 14.1. The van der Waals surface area contributed by atoms with Crippen LogP contribution in [0.1, 0.15) is 26.7 Å². The Balaban J connectivity index is 2.42. The maximum atomic E-state index is 2.33. The molecule has 0 N–H and O–H groups in total. The number of hydrogen-bond acceptors (Lipinski definition) is 0. The minimum atomic E-state index is 0.839. The second-order valence-corrected chi connectivity index (χ2v) is 2.92. The first-order valence-corrected chi connectivity index (χ1v) is 3.47. The van der Waals surface area contributed by atoms with Crippen LogP contribution in [-0.4, -0.2) is 0 Å². The normalized spacial score (nSPS) is 37.8. The quantitative estimate of drug-likeness (QED) is 0.420. The summed E-state index contributed by atoms with van der Waals surface area (Å²) >= 11 is 0. The summed E-state index contributed by atoms with van der Waals surface area (Å²) in [5.74, 6) is 1.68. The molecule has 1 rings (SSSR count). The standard InChI is InChI=1S/C8H14/c1-7-3-5-8(2)6-4-7/h3,5,7-8H,4,6H2,1-2H3/t7-,8+. The van der Waals surface area contributed by atoms with Crippen LogP contribution in [0, 0.1) is 11.8 Å². The number of allylic oxidation sites excluding steroid dienone is 2. The molecular formula is C8H14. The fraction of sp³-hybridized carbons (Fsp3) is 0.750. The molecule has 0 aromatic heterocycles. The average molecular weight is 110 g/mol. The zero-order valence-corrected chi connectivity index (χ0v) is 5.72. The molecule has 0 nitrogen and oxygen atoms in total. The van der Waals surface area contributed by atoms with Crippen LogP contribution >= 0.6 is 0 Å². The van der Waals surface area contributed by atoms with Gasteiger partial charge in [-0.2, -0.15) is 0 Å². The summed E-state index contributed by atoms with van der Waals surface area (Å²) in [6, 6.07) is 0. The fourth-order valence-corrected chi connectivity index (χ4v) is 1.10. The van der Waals surface area contributed by atoms with Crippen molar-refractivity contribution in [3.63, 3.8) is 0 Å². The van der Waals surface area contributed by atoms with Gasteiger partial charge >= 0.3 is 0 Å². The van der Waals surface area contributed by atoms with E-state index in [4.69, 9.17) is 0 Å². The minimum absolute atomic E-state index is 0.839. The maximum absolute atomic E-state index is 2.33. The van der Waals surface area contributed by atoms with E-state index in [1.807, 2.05) is 0 Å². The molecule has 8 heavy (non-hydrogen) atoms. The van der Waals surface area contributed by atoms with E-state index in [-0.39, 0.29) is 0 Å². The lowest BCUT2D eigenvalue weighted by Gasteiger charge is -2.15. The molecule has 1 aliphatic carbocycles. The van der Waals surface area contributed by atoms with Gasteiger partial charge < -0.3 is 0 Å². The molecule has 0 heterocycles. The van der Waals surface area contributed by atoms with E-state index in [1.165, 1.54) is 12.8 Å². The molecule has 0 unspecified atom stereocenters. The van der Waals surface area contributed by atoms with Crippen molar-refractivity contribution in [2.45, 2.75) is 26.7 Å². The van der Waals surface area contributed by atoms with Crippen LogP contribution in [0.5, 0.6) is 0 Å². The van der Waals surface area contributed by atoms with Crippen molar-refractivity contribution in [3.8, 4) is 0 Å². The van der Waals surface area contributed by atoms with E-state index in [2.05, 4.69) is 26.0 Å². The van der Waals surface area contributed by atoms with Gasteiger partial charge in [0.1, 0.15) is 0 Å². The smallest absolute Gasteiger partial charge is 0.0262 e. The highest BCUT2D eigenvalue weighted by molar-refractivity contribution is 4.94. The number of hydrogen-bond donors (Lipinski definition) is 0. The second-order valence-electron chi connectivity index (χ2n) is 2.92. The van der Waals surface area contributed by atoms with Gasteiger partial charge in [-0.1, -0.05) is 26.0 Å². The molecule has 0 saturated carbocycles. The Morgan fingerprint density at radius 2 is 1.38 bits per heavy atom. The summed E-state index contributed by atoms with van der Waals surface area (Å²) in [5.41, 5.74) is 0. The molecule has 46 valence electrons. The Kier molecular flexibility index (Phi) is 1.72. The van der Waals surface area contributed by atoms with Gasteiger partial charge in [0, 0.05) is 0 Å². The molecule has 0 heteroatoms. The maximum Gasteiger partial charge on any atom is -0.0262 e. The molecule has 0 aromatic carbocycles. The Bertz CT molecular complexity index is 80.2. The van der Waals surface area contributed by atoms with Crippen molar-refractivity contribution in [1.29, 1.82) is 0 Å². The van der Waals surface area contributed by atoms with Crippen molar-refractivity contribution in [2.24, 2.45) is 11.8 Å². The van der Waals surface area contributed by atoms with Crippen LogP contribution in [-0.2, 0) is 0 Å². The van der Waals surface area contributed by atoms with E-state index in [1.54, 1.807) is 0 Å². The van der Waals surface area contributed by atoms with Crippen LogP contribution in [0.3, 0.4) is 0 Å². The largest absolute Gasteiger partial charge is 0.0854 e. The van der Waals surface area contributed by atoms with Gasteiger partial charge in [-0.3, -0.25) is 0 Å². The van der Waals surface area contributed by atoms with Gasteiger partial charge in [-0.05, 0) is 24.7 Å². The van der Waals surface area contributed by atoms with E-state index in [0.29, 0.717) is 0 Å². The Morgan fingerprint density at radius 3 is 1.62 bits per heavy atom. The zero-order valence-electron chi connectivity index (χ0n) is 5.72. The molecule has 0 radical (unpaired) electrons. The van der Waals surface area contributed by atoms with Crippen LogP contribution in [0.4, 0.5) is 0 Å². The molecule has 0 spiro atoms. The fourth-order valence-electron chi connectivity index (χ4n) is 1.10. The monoisotopic (exact) mass is 110 g/mol. The minimum Gasteiger partial charge on any atom is -0.0854 e. The van der Waals surface area contributed by atoms with Crippen LogP contribution in [0.25, 0.3) is 0 Å². The summed E-state index contributed by atoms with van der Waals surface area (Å²) in [7, 11) is 0. The van der Waals surface area contributed by atoms with Crippen LogP contribution in [0.15, 0.2) is 12.2 Å². The highest BCUT2D eigenvalue weighted by Crippen LogP contribution is 2.20. The Labute approximate surface area is 51.6 Å². The second kappa shape index (κ2) is 2.34. The summed E-state index contributed by atoms with van der Waals surface area (Å²) in [6.07, 6.45) is 7.43. The predicted molar refractivity (Wildman–Crippen MR) is 36.7 cm³/mol. The summed E-state index contributed by atoms with van der Waals surface area (Å²) in [4.78, 5) is 0. The van der Waals surface area contributed by atoms with Gasteiger partial charge in [0.25, 0.3) is 0 Å². The van der Waals surface area contributed by atoms with Gasteiger partial charge in [-0.25, -0.2) is 0 Å². The van der Waals surface area contributed by atoms with E-state index in [9.17, 15) is 0 Å². The van der Waals surface area contributed by atoms with Gasteiger partial charge in [0.2, 0.25) is 0 Å². The predicted octanol–water partition coefficient (Wildman–Crippen LogP) is 2.61. The van der Waals surface area contributed by atoms with Crippen molar-refractivity contribution in [1.82, 2.24) is 0 Å². The molecule has 0 saturated heterocycles. The van der Waals surface area contributed by atoms with E-state index in [0.717, 1.165) is 11.8 Å². The molecular weight excluding hydrogens is 96.1 g/mol. The topological polar surface area (TPSA) is 0 Å². The molecule has 2 atom stereocenters. The van der Waals surface area contributed by atoms with E-state index >= 15 is 0 Å². The molecule has 0 bridgehead atoms. The van der Waals surface area contributed by atoms with Crippen LogP contribution in [0.2, 0.25) is 0 Å². The third-order valence-electron chi connectivity index (χ3n) is 1.85. The third kappa shape index (κ3) is 1.36. The lowest BCUT2D eigenvalue weighted by molar-refractivity contribution is 0.502. The molecule has 0 aromatic rings. The average Bonchev–Trinajstić information content (AvgIpc) is 1.77. The first-order valence-electron chi connectivity index (χ1n) is 3.47. The SMILES string of the molecule is C[C@@H]1C=C[C@H](C)CC1. The molecule has 0 amide bonds. The summed E-state index contributed by atoms with van der Waals surface area (Å²) in [5, 5.41) is 0. The summed E-state index contributed by atoms with van der Waals surface area (Å²) < 4.78 is 0. The van der Waals surface area contributed by atoms with Crippen molar-refractivity contribution < 1.29 is 0 Å². The highest BCUT2D eigenvalue weighted by Gasteiger charge is 2.06. The Hall–Kier alpha value is -0.260. The van der Waals surface area contributed by atoms with Gasteiger partial charge in [0.05, 0.1) is 0 Å². The lowest BCUT2D eigenvalue weighted by atomic mass is 9.91. The first kappa shape index (κ1) is 5.87. The van der Waals surface area contributed by atoms with E-state index < -0.39 is 0 Å². The summed E-state index contributed by atoms with van der Waals surface area (Å²) in [6.45, 7) is 4.56. The molecule has 1 aliphatic rings. The molecule has 0 fully saturated rings. The zero-order chi connectivity index (χ0) is 5.98. The van der Waals surface area contributed by atoms with Gasteiger partial charge in [0.15, 0.2) is 0 Å². The van der Waals surface area contributed by atoms with Crippen molar-refractivity contribution in [2.75, 3.05) is 0 Å². The first-order chi connectivity index (χ1) is 3.79.